The molecule has 15 heteroatoms. The van der Waals surface area contributed by atoms with Gasteiger partial charge in [-0.25, -0.2) is 16.8 Å². The Morgan fingerprint density at radius 3 is 1.13 bits per heavy atom. The van der Waals surface area contributed by atoms with Crippen molar-refractivity contribution in [2.45, 2.75) is 72.9 Å². The van der Waals surface area contributed by atoms with E-state index in [0.29, 0.717) is 22.3 Å². The molecule has 0 radical (unpaired) electrons. The van der Waals surface area contributed by atoms with E-state index in [1.165, 1.54) is 12.5 Å². The van der Waals surface area contributed by atoms with E-state index in [0.717, 1.165) is 76.4 Å². The predicted octanol–water partition coefficient (Wildman–Crippen LogP) is 16.7. The van der Waals surface area contributed by atoms with Crippen LogP contribution in [-0.4, -0.2) is 63.6 Å². The Balaban J connectivity index is 0.000000219. The van der Waals surface area contributed by atoms with Crippen molar-refractivity contribution in [3.05, 3.63) is 252 Å². The van der Waals surface area contributed by atoms with Gasteiger partial charge in [0.05, 0.1) is 32.6 Å². The van der Waals surface area contributed by atoms with Gasteiger partial charge in [0.2, 0.25) is 0 Å². The normalized spacial score (nSPS) is 12.5. The Hall–Kier alpha value is -7.53. The lowest BCUT2D eigenvalue weighted by molar-refractivity contribution is 0.0970. The first-order valence-electron chi connectivity index (χ1n) is 27.5. The molecule has 0 aliphatic rings. The van der Waals surface area contributed by atoms with Crippen LogP contribution in [0.4, 0.5) is 11.4 Å². The molecule has 10 rings (SSSR count). The molecule has 2 unspecified atom stereocenters. The first kappa shape index (κ1) is 63.5. The van der Waals surface area contributed by atoms with Gasteiger partial charge < -0.3 is 9.80 Å². The smallest absolute Gasteiger partial charge is 0.258 e. The highest BCUT2D eigenvalue weighted by molar-refractivity contribution is 7.98. The summed E-state index contributed by atoms with van der Waals surface area (Å²) in [5.74, 6) is -0.177. The maximum atomic E-state index is 13.9. The summed E-state index contributed by atoms with van der Waals surface area (Å²) in [6.07, 6.45) is 10.1. The summed E-state index contributed by atoms with van der Waals surface area (Å²) in [4.78, 5) is 43.1. The molecular weight excluding hydrogens is 1150 g/mol. The Labute approximate surface area is 516 Å². The summed E-state index contributed by atoms with van der Waals surface area (Å²) in [7, 11) is -6.79. The number of rotatable bonds is 16. The number of benzene rings is 8. The number of aromatic nitrogens is 2. The van der Waals surface area contributed by atoms with E-state index in [2.05, 4.69) is 22.1 Å². The van der Waals surface area contributed by atoms with E-state index < -0.39 is 29.2 Å². The van der Waals surface area contributed by atoms with E-state index in [1.54, 1.807) is 63.6 Å². The van der Waals surface area contributed by atoms with Gasteiger partial charge in [0.25, 0.3) is 11.8 Å². The molecule has 8 aromatic carbocycles. The highest BCUT2D eigenvalue weighted by Crippen LogP contribution is 2.41. The summed E-state index contributed by atoms with van der Waals surface area (Å²) in [5, 5.41) is 1.74. The lowest BCUT2D eigenvalue weighted by Crippen LogP contribution is -2.33. The molecule has 2 aromatic heterocycles. The molecule has 436 valence electrons. The fourth-order valence-corrected chi connectivity index (χ4v) is 12.0. The van der Waals surface area contributed by atoms with Crippen molar-refractivity contribution in [3.8, 4) is 22.3 Å². The number of hydrogen-bond acceptors (Lipinski definition) is 10. The summed E-state index contributed by atoms with van der Waals surface area (Å²) in [6, 6.07) is 65.6. The molecule has 0 N–H and O–H groups in total. The second kappa shape index (κ2) is 26.4. The molecule has 2 atom stereocenters. The zero-order valence-electron chi connectivity index (χ0n) is 49.3. The number of fused-ring (bicyclic) bond motifs is 2. The van der Waals surface area contributed by atoms with Crippen LogP contribution in [0.2, 0.25) is 0 Å². The lowest BCUT2D eigenvalue weighted by Gasteiger charge is -2.30. The fourth-order valence-electron chi connectivity index (χ4n) is 10.1. The highest BCUT2D eigenvalue weighted by Gasteiger charge is 2.35. The van der Waals surface area contributed by atoms with Crippen molar-refractivity contribution in [3.63, 3.8) is 0 Å². The number of pyridine rings is 2. The lowest BCUT2D eigenvalue weighted by atomic mass is 9.92. The quantitative estimate of drug-likeness (QED) is 0.0861. The molecule has 2 amide bonds. The van der Waals surface area contributed by atoms with Crippen molar-refractivity contribution >= 4 is 102 Å². The van der Waals surface area contributed by atoms with Crippen LogP contribution >= 0.6 is 37.0 Å². The zero-order chi connectivity index (χ0) is 60.1. The molecule has 0 aliphatic carbocycles. The number of nitrogens with zero attached hydrogens (tertiary/aromatic N) is 4. The van der Waals surface area contributed by atoms with Crippen LogP contribution < -0.4 is 9.80 Å². The van der Waals surface area contributed by atoms with Crippen LogP contribution in [0.15, 0.2) is 228 Å². The van der Waals surface area contributed by atoms with E-state index in [-0.39, 0.29) is 37.4 Å². The molecule has 0 fully saturated rings. The summed E-state index contributed by atoms with van der Waals surface area (Å²) < 4.78 is 48.9. The molecule has 0 aliphatic heterocycles. The topological polar surface area (TPSA) is 135 Å². The van der Waals surface area contributed by atoms with Gasteiger partial charge in [0.15, 0.2) is 19.7 Å². The van der Waals surface area contributed by atoms with Gasteiger partial charge in [-0.3, -0.25) is 19.6 Å². The monoisotopic (exact) mass is 1220 g/mol. The van der Waals surface area contributed by atoms with Crippen molar-refractivity contribution in [2.75, 3.05) is 34.8 Å². The summed E-state index contributed by atoms with van der Waals surface area (Å²) >= 11 is 3.31. The maximum absolute atomic E-state index is 13.9. The highest BCUT2D eigenvalue weighted by atomic mass is 32.2. The standard InChI is InChI=1S/2C35H34N2O3S2.H2S/c2*1-24(37(30-16-18-31(41-4)19-17-30)34(38)25-11-7-6-8-12-25)26-13-9-14-27(21-26)32-23-29(35(2,3)42(5,39)40)22-28-15-10-20-36-33(28)32;/h2*6-24H,1-5H3;1H2. The number of sulfone groups is 2. The minimum absolute atomic E-state index is 0. The third kappa shape index (κ3) is 13.6. The van der Waals surface area contributed by atoms with Crippen LogP contribution in [0.1, 0.15) is 96.6 Å². The van der Waals surface area contributed by atoms with Crippen LogP contribution in [0, 0.1) is 0 Å². The largest absolute Gasteiger partial charge is 0.301 e. The summed E-state index contributed by atoms with van der Waals surface area (Å²) in [5.41, 5.74) is 11.2. The first-order chi connectivity index (χ1) is 40.0. The van der Waals surface area contributed by atoms with Gasteiger partial charge >= 0.3 is 0 Å². The van der Waals surface area contributed by atoms with Crippen LogP contribution in [0.5, 0.6) is 0 Å². The predicted molar refractivity (Wildman–Crippen MR) is 360 cm³/mol. The SMILES string of the molecule is CSc1ccc(N(C(=O)c2ccccc2)C(C)c2cccc(-c3cc(C(C)(C)S(C)(=O)=O)cc4cccnc34)c2)cc1.CSc1ccc(N(C(=O)c2ccccc2)C(C)c2cccc(-c3cc(C(C)(C)S(C)(=O)=O)cc4cccnc34)c2)cc1.S. The van der Waals surface area contributed by atoms with Gasteiger partial charge in [0, 0.05) is 79.1 Å². The van der Waals surface area contributed by atoms with Crippen LogP contribution in [0.3, 0.4) is 0 Å². The third-order valence-electron chi connectivity index (χ3n) is 16.0. The van der Waals surface area contributed by atoms with Gasteiger partial charge in [-0.15, -0.1) is 23.5 Å². The van der Waals surface area contributed by atoms with Crippen LogP contribution in [0.25, 0.3) is 44.1 Å². The van der Waals surface area contributed by atoms with E-state index in [1.807, 2.05) is 230 Å². The van der Waals surface area contributed by atoms with Crippen molar-refractivity contribution in [1.82, 2.24) is 9.97 Å². The molecule has 0 saturated heterocycles. The number of thioether (sulfide) groups is 2. The molecule has 0 spiro atoms. The number of hydrogen-bond donors (Lipinski definition) is 0. The van der Waals surface area contributed by atoms with Gasteiger partial charge in [-0.05, 0) is 209 Å². The van der Waals surface area contributed by atoms with Crippen LogP contribution in [-0.2, 0) is 29.2 Å². The summed E-state index contributed by atoms with van der Waals surface area (Å²) in [6.45, 7) is 11.0. The van der Waals surface area contributed by atoms with Crippen molar-refractivity contribution in [1.29, 1.82) is 0 Å². The Morgan fingerprint density at radius 2 is 0.800 bits per heavy atom. The molecule has 10 aromatic rings. The Kier molecular flexibility index (Phi) is 19.7. The van der Waals surface area contributed by atoms with Crippen molar-refractivity contribution in [2.24, 2.45) is 0 Å². The molecule has 0 bridgehead atoms. The third-order valence-corrected chi connectivity index (χ3v) is 21.6. The van der Waals surface area contributed by atoms with E-state index >= 15 is 0 Å². The molecule has 2 heterocycles. The average molecular weight is 1220 g/mol. The molecule has 10 nitrogen and oxygen atoms in total. The Bertz CT molecular complexity index is 3980. The second-order valence-corrected chi connectivity index (χ2v) is 28.7. The average Bonchev–Trinajstić information content (AvgIpc) is 2.33. The molecule has 0 saturated carbocycles. The van der Waals surface area contributed by atoms with Gasteiger partial charge in [-0.1, -0.05) is 84.9 Å². The molecular formula is C70H70N4O6S5. The Morgan fingerprint density at radius 1 is 0.447 bits per heavy atom. The minimum Gasteiger partial charge on any atom is -0.301 e. The number of anilines is 2. The number of amides is 2. The number of carbonyl (C=O) groups is 2. The number of carbonyl (C=O) groups excluding carboxylic acids is 2. The molecule has 85 heavy (non-hydrogen) atoms. The maximum Gasteiger partial charge on any atom is 0.258 e. The first-order valence-corrected chi connectivity index (χ1v) is 33.7. The second-order valence-electron chi connectivity index (χ2n) is 21.8. The van der Waals surface area contributed by atoms with E-state index in [4.69, 9.17) is 0 Å². The minimum atomic E-state index is -3.39. The van der Waals surface area contributed by atoms with E-state index in [9.17, 15) is 26.4 Å². The fraction of sp³-hybridized carbons (Fsp3) is 0.200. The van der Waals surface area contributed by atoms with Crippen molar-refractivity contribution < 1.29 is 26.4 Å². The van der Waals surface area contributed by atoms with Gasteiger partial charge in [-0.2, -0.15) is 13.5 Å². The van der Waals surface area contributed by atoms with Gasteiger partial charge in [0.1, 0.15) is 0 Å². The zero-order valence-corrected chi connectivity index (χ0v) is 53.6.